The molecule has 1 aromatic rings. The van der Waals surface area contributed by atoms with Crippen molar-refractivity contribution in [3.8, 4) is 0 Å². The summed E-state index contributed by atoms with van der Waals surface area (Å²) in [5.74, 6) is -1.41. The van der Waals surface area contributed by atoms with Crippen molar-refractivity contribution >= 4 is 31.7 Å². The molecule has 1 unspecified atom stereocenters. The minimum atomic E-state index is -3.71. The van der Waals surface area contributed by atoms with Crippen LogP contribution in [0.15, 0.2) is 34.8 Å². The first-order valence-electron chi connectivity index (χ1n) is 6.86. The fraction of sp³-hybridized carbons (Fsp3) is 0.400. The van der Waals surface area contributed by atoms with Crippen LogP contribution in [0.25, 0.3) is 0 Å². The van der Waals surface area contributed by atoms with Crippen molar-refractivity contribution in [2.24, 2.45) is 0 Å². The van der Waals surface area contributed by atoms with E-state index in [9.17, 15) is 17.6 Å². The maximum absolute atomic E-state index is 14.2. The highest BCUT2D eigenvalue weighted by Gasteiger charge is 2.58. The normalized spacial score (nSPS) is 28.8. The van der Waals surface area contributed by atoms with Gasteiger partial charge in [0.05, 0.1) is 11.3 Å². The lowest BCUT2D eigenvalue weighted by Gasteiger charge is -2.43. The van der Waals surface area contributed by atoms with Gasteiger partial charge in [-0.2, -0.15) is 0 Å². The first kappa shape index (κ1) is 15.7. The molecule has 1 atom stereocenters. The summed E-state index contributed by atoms with van der Waals surface area (Å²) in [6.07, 6.45) is 3.77. The number of rotatable bonds is 1. The second-order valence-corrected chi connectivity index (χ2v) is 9.26. The van der Waals surface area contributed by atoms with Crippen LogP contribution in [-0.2, 0) is 20.2 Å². The van der Waals surface area contributed by atoms with Gasteiger partial charge in [0.1, 0.15) is 5.82 Å². The molecule has 2 aliphatic rings. The van der Waals surface area contributed by atoms with E-state index in [1.54, 1.807) is 19.1 Å². The van der Waals surface area contributed by atoms with Crippen molar-refractivity contribution in [1.29, 1.82) is 0 Å². The molecule has 1 amide bonds. The van der Waals surface area contributed by atoms with Crippen molar-refractivity contribution in [2.45, 2.75) is 30.1 Å². The first-order chi connectivity index (χ1) is 10.2. The standard InChI is InChI=1S/C15H15BrFNO3S/c1-14(11-8-10(16)4-5-12(11)17)9-22(20,21)15(13(19)18-14)6-2-3-7-15/h2-5,8H,6-7,9H2,1H3,(H,18,19). The molecule has 1 fully saturated rings. The van der Waals surface area contributed by atoms with Crippen LogP contribution in [-0.4, -0.2) is 24.8 Å². The predicted molar refractivity (Wildman–Crippen MR) is 84.5 cm³/mol. The highest BCUT2D eigenvalue weighted by molar-refractivity contribution is 9.10. The Hall–Kier alpha value is -1.21. The zero-order valence-corrected chi connectivity index (χ0v) is 14.3. The van der Waals surface area contributed by atoms with E-state index >= 15 is 0 Å². The topological polar surface area (TPSA) is 63.2 Å². The van der Waals surface area contributed by atoms with Gasteiger partial charge in [-0.15, -0.1) is 0 Å². The summed E-state index contributed by atoms with van der Waals surface area (Å²) in [4.78, 5) is 12.6. The lowest BCUT2D eigenvalue weighted by atomic mass is 9.91. The molecule has 0 radical (unpaired) electrons. The number of carbonyl (C=O) groups excluding carboxylic acids is 1. The Balaban J connectivity index is 2.09. The molecule has 4 nitrogen and oxygen atoms in total. The van der Waals surface area contributed by atoms with Gasteiger partial charge in [-0.3, -0.25) is 4.79 Å². The fourth-order valence-electron chi connectivity index (χ4n) is 3.20. The molecule has 1 aliphatic heterocycles. The van der Waals surface area contributed by atoms with Gasteiger partial charge >= 0.3 is 0 Å². The van der Waals surface area contributed by atoms with Crippen molar-refractivity contribution in [3.05, 3.63) is 46.2 Å². The van der Waals surface area contributed by atoms with Crippen LogP contribution in [0.3, 0.4) is 0 Å². The quantitative estimate of drug-likeness (QED) is 0.752. The average Bonchev–Trinajstić information content (AvgIpc) is 2.90. The summed E-state index contributed by atoms with van der Waals surface area (Å²) in [5.41, 5.74) is -1.11. The Labute approximate surface area is 136 Å². The van der Waals surface area contributed by atoms with E-state index in [1.165, 1.54) is 18.2 Å². The minimum absolute atomic E-state index is 0.166. The van der Waals surface area contributed by atoms with Crippen LogP contribution in [0.4, 0.5) is 4.39 Å². The van der Waals surface area contributed by atoms with Crippen molar-refractivity contribution in [1.82, 2.24) is 5.32 Å². The molecule has 22 heavy (non-hydrogen) atoms. The number of nitrogens with one attached hydrogen (secondary N) is 1. The van der Waals surface area contributed by atoms with Gasteiger partial charge in [0.25, 0.3) is 0 Å². The van der Waals surface area contributed by atoms with E-state index in [2.05, 4.69) is 21.2 Å². The molecule has 1 spiro atoms. The summed E-state index contributed by atoms with van der Waals surface area (Å²) in [7, 11) is -3.71. The van der Waals surface area contributed by atoms with E-state index in [0.29, 0.717) is 4.47 Å². The van der Waals surface area contributed by atoms with Crippen LogP contribution >= 0.6 is 15.9 Å². The molecule has 7 heteroatoms. The number of benzene rings is 1. The van der Waals surface area contributed by atoms with E-state index < -0.39 is 31.8 Å². The van der Waals surface area contributed by atoms with Gasteiger partial charge in [-0.1, -0.05) is 28.1 Å². The van der Waals surface area contributed by atoms with Gasteiger partial charge < -0.3 is 5.32 Å². The number of sulfone groups is 1. The average molecular weight is 388 g/mol. The Morgan fingerprint density at radius 3 is 2.50 bits per heavy atom. The first-order valence-corrected chi connectivity index (χ1v) is 9.30. The van der Waals surface area contributed by atoms with Crippen molar-refractivity contribution in [3.63, 3.8) is 0 Å². The fourth-order valence-corrected chi connectivity index (χ4v) is 5.85. The third-order valence-corrected chi connectivity index (χ3v) is 7.62. The Kier molecular flexibility index (Phi) is 3.49. The largest absolute Gasteiger partial charge is 0.344 e. The Morgan fingerprint density at radius 2 is 1.91 bits per heavy atom. The molecule has 1 saturated heterocycles. The summed E-state index contributed by atoms with van der Waals surface area (Å²) in [6.45, 7) is 1.54. The summed E-state index contributed by atoms with van der Waals surface area (Å²) < 4.78 is 38.9. The molecule has 3 rings (SSSR count). The number of halogens is 2. The van der Waals surface area contributed by atoms with E-state index in [4.69, 9.17) is 0 Å². The third kappa shape index (κ3) is 2.13. The van der Waals surface area contributed by atoms with E-state index in [1.807, 2.05) is 0 Å². The smallest absolute Gasteiger partial charge is 0.242 e. The molecule has 0 aromatic heterocycles. The van der Waals surface area contributed by atoms with E-state index in [-0.39, 0.29) is 24.2 Å². The second-order valence-electron chi connectivity index (χ2n) is 6.04. The summed E-state index contributed by atoms with van der Waals surface area (Å²) in [6, 6.07) is 4.30. The lowest BCUT2D eigenvalue weighted by molar-refractivity contribution is -0.125. The zero-order chi connectivity index (χ0) is 16.2. The molecular weight excluding hydrogens is 373 g/mol. The summed E-state index contributed by atoms with van der Waals surface area (Å²) >= 11 is 3.25. The molecule has 1 aromatic carbocycles. The SMILES string of the molecule is CC1(c2cc(Br)ccc2F)CS(=O)(=O)C2(CC=CC2)C(=O)N1. The van der Waals surface area contributed by atoms with Gasteiger partial charge in [0.15, 0.2) is 14.6 Å². The number of hydrogen-bond acceptors (Lipinski definition) is 3. The van der Waals surface area contributed by atoms with Crippen LogP contribution in [0.2, 0.25) is 0 Å². The van der Waals surface area contributed by atoms with E-state index in [0.717, 1.165) is 0 Å². The maximum Gasteiger partial charge on any atom is 0.242 e. The van der Waals surface area contributed by atoms with Crippen LogP contribution in [0, 0.1) is 5.82 Å². The van der Waals surface area contributed by atoms with Crippen molar-refractivity contribution in [2.75, 3.05) is 5.75 Å². The Morgan fingerprint density at radius 1 is 1.27 bits per heavy atom. The molecule has 118 valence electrons. The Bertz CT molecular complexity index is 782. The number of hydrogen-bond donors (Lipinski definition) is 1. The number of amides is 1. The zero-order valence-electron chi connectivity index (χ0n) is 11.9. The van der Waals surface area contributed by atoms with Crippen LogP contribution in [0.5, 0.6) is 0 Å². The third-order valence-electron chi connectivity index (χ3n) is 4.46. The molecule has 1 N–H and O–H groups in total. The second kappa shape index (κ2) is 4.89. The number of carbonyl (C=O) groups is 1. The maximum atomic E-state index is 14.2. The minimum Gasteiger partial charge on any atom is -0.344 e. The molecule has 1 heterocycles. The highest BCUT2D eigenvalue weighted by Crippen LogP contribution is 2.41. The van der Waals surface area contributed by atoms with Crippen LogP contribution < -0.4 is 5.32 Å². The monoisotopic (exact) mass is 387 g/mol. The predicted octanol–water partition coefficient (Wildman–Crippen LogP) is 2.44. The van der Waals surface area contributed by atoms with Crippen molar-refractivity contribution < 1.29 is 17.6 Å². The number of allylic oxidation sites excluding steroid dienone is 2. The molecule has 0 bridgehead atoms. The van der Waals surface area contributed by atoms with Gasteiger partial charge in [-0.05, 0) is 38.0 Å². The van der Waals surface area contributed by atoms with Crippen LogP contribution in [0.1, 0.15) is 25.3 Å². The summed E-state index contributed by atoms with van der Waals surface area (Å²) in [5, 5.41) is 2.75. The molecule has 0 saturated carbocycles. The van der Waals surface area contributed by atoms with Gasteiger partial charge in [0, 0.05) is 10.0 Å². The lowest BCUT2D eigenvalue weighted by Crippen LogP contribution is -2.65. The highest BCUT2D eigenvalue weighted by atomic mass is 79.9. The molecular formula is C15H15BrFNO3S. The van der Waals surface area contributed by atoms with Gasteiger partial charge in [0.2, 0.25) is 5.91 Å². The van der Waals surface area contributed by atoms with Gasteiger partial charge in [-0.25, -0.2) is 12.8 Å². The molecule has 1 aliphatic carbocycles.